The molecule has 1 heterocycles. The Bertz CT molecular complexity index is 387. The monoisotopic (exact) mass is 366 g/mol. The number of hydrogen-bond acceptors (Lipinski definition) is 3. The third kappa shape index (κ3) is 8.72. The van der Waals surface area contributed by atoms with Gasteiger partial charge in [0, 0.05) is 32.2 Å². The number of aliphatic imine (C=N–C) groups is 1. The van der Waals surface area contributed by atoms with Gasteiger partial charge in [-0.1, -0.05) is 32.1 Å². The number of aliphatic hydroxyl groups excluding tert-OH is 1. The van der Waals surface area contributed by atoms with Crippen LogP contribution >= 0.6 is 0 Å². The van der Waals surface area contributed by atoms with E-state index in [-0.39, 0.29) is 6.10 Å². The maximum atomic E-state index is 9.58. The number of rotatable bonds is 9. The molecule has 0 amide bonds. The third-order valence-corrected chi connectivity index (χ3v) is 5.92. The molecular weight excluding hydrogens is 324 g/mol. The highest BCUT2D eigenvalue weighted by Gasteiger charge is 2.16. The van der Waals surface area contributed by atoms with Gasteiger partial charge in [-0.2, -0.15) is 0 Å². The minimum atomic E-state index is -0.0797. The molecule has 1 unspecified atom stereocenters. The van der Waals surface area contributed by atoms with Gasteiger partial charge in [0.05, 0.1) is 6.10 Å². The van der Waals surface area contributed by atoms with Crippen LogP contribution in [0.25, 0.3) is 0 Å². The van der Waals surface area contributed by atoms with Crippen molar-refractivity contribution in [3.8, 4) is 0 Å². The van der Waals surface area contributed by atoms with E-state index in [1.54, 1.807) is 0 Å². The molecule has 5 nitrogen and oxygen atoms in total. The Morgan fingerprint density at radius 3 is 2.58 bits per heavy atom. The fourth-order valence-corrected chi connectivity index (χ4v) is 4.22. The van der Waals surface area contributed by atoms with Crippen LogP contribution in [0.1, 0.15) is 78.1 Å². The van der Waals surface area contributed by atoms with Crippen molar-refractivity contribution in [2.45, 2.75) is 90.2 Å². The summed E-state index contributed by atoms with van der Waals surface area (Å²) < 4.78 is 0. The molecule has 1 atom stereocenters. The Balaban J connectivity index is 1.62. The van der Waals surface area contributed by atoms with E-state index in [1.807, 2.05) is 0 Å². The van der Waals surface area contributed by atoms with Crippen molar-refractivity contribution in [3.05, 3.63) is 0 Å². The van der Waals surface area contributed by atoms with Crippen molar-refractivity contribution in [2.75, 3.05) is 32.7 Å². The molecule has 2 rings (SSSR count). The molecule has 0 aromatic carbocycles. The highest BCUT2D eigenvalue weighted by atomic mass is 16.3. The molecule has 1 aliphatic heterocycles. The summed E-state index contributed by atoms with van der Waals surface area (Å²) in [5.74, 6) is 1.92. The van der Waals surface area contributed by atoms with Gasteiger partial charge in [0.15, 0.2) is 5.96 Å². The number of nitrogens with one attached hydrogen (secondary N) is 2. The Kier molecular flexibility index (Phi) is 10.4. The first kappa shape index (κ1) is 21.5. The zero-order valence-corrected chi connectivity index (χ0v) is 17.2. The fraction of sp³-hybridized carbons (Fsp3) is 0.952. The summed E-state index contributed by atoms with van der Waals surface area (Å²) >= 11 is 0. The molecule has 0 spiro atoms. The number of guanidine groups is 1. The van der Waals surface area contributed by atoms with E-state index < -0.39 is 0 Å². The van der Waals surface area contributed by atoms with Crippen LogP contribution in [-0.4, -0.2) is 60.8 Å². The van der Waals surface area contributed by atoms with E-state index in [0.29, 0.717) is 6.04 Å². The highest BCUT2D eigenvalue weighted by molar-refractivity contribution is 5.80. The van der Waals surface area contributed by atoms with Crippen molar-refractivity contribution in [2.24, 2.45) is 10.9 Å². The van der Waals surface area contributed by atoms with Crippen LogP contribution in [0.15, 0.2) is 4.99 Å². The second-order valence-electron chi connectivity index (χ2n) is 8.31. The lowest BCUT2D eigenvalue weighted by atomic mass is 9.85. The molecule has 0 bridgehead atoms. The average Bonchev–Trinajstić information content (AvgIpc) is 2.66. The SMILES string of the molecule is CCNC(=NCCCN1CCC(O)CC1)NC(C)CCC1CCCCC1. The van der Waals surface area contributed by atoms with Gasteiger partial charge in [-0.3, -0.25) is 4.99 Å². The maximum Gasteiger partial charge on any atom is 0.191 e. The van der Waals surface area contributed by atoms with Gasteiger partial charge < -0.3 is 20.6 Å². The van der Waals surface area contributed by atoms with E-state index in [4.69, 9.17) is 4.99 Å². The minimum Gasteiger partial charge on any atom is -0.393 e. The quantitative estimate of drug-likeness (QED) is 0.333. The van der Waals surface area contributed by atoms with Gasteiger partial charge in [-0.15, -0.1) is 0 Å². The lowest BCUT2D eigenvalue weighted by Crippen LogP contribution is -2.42. The van der Waals surface area contributed by atoms with Gasteiger partial charge in [0.1, 0.15) is 0 Å². The van der Waals surface area contributed by atoms with Gasteiger partial charge in [0.25, 0.3) is 0 Å². The zero-order chi connectivity index (χ0) is 18.6. The summed E-state index contributed by atoms with van der Waals surface area (Å²) in [7, 11) is 0. The lowest BCUT2D eigenvalue weighted by molar-refractivity contribution is 0.0824. The molecule has 1 aliphatic carbocycles. The van der Waals surface area contributed by atoms with E-state index >= 15 is 0 Å². The molecule has 1 saturated carbocycles. The number of hydrogen-bond donors (Lipinski definition) is 3. The van der Waals surface area contributed by atoms with Crippen molar-refractivity contribution in [1.29, 1.82) is 0 Å². The maximum absolute atomic E-state index is 9.58. The van der Waals surface area contributed by atoms with E-state index in [0.717, 1.165) is 63.9 Å². The largest absolute Gasteiger partial charge is 0.393 e. The van der Waals surface area contributed by atoms with Crippen LogP contribution in [0, 0.1) is 5.92 Å². The summed E-state index contributed by atoms with van der Waals surface area (Å²) in [6, 6.07) is 0.485. The van der Waals surface area contributed by atoms with Crippen molar-refractivity contribution >= 4 is 5.96 Å². The molecule has 2 aliphatic rings. The van der Waals surface area contributed by atoms with Crippen LogP contribution in [-0.2, 0) is 0 Å². The van der Waals surface area contributed by atoms with Gasteiger partial charge in [-0.25, -0.2) is 0 Å². The van der Waals surface area contributed by atoms with Crippen LogP contribution < -0.4 is 10.6 Å². The third-order valence-electron chi connectivity index (χ3n) is 5.92. The van der Waals surface area contributed by atoms with E-state index in [1.165, 1.54) is 44.9 Å². The molecular formula is C21H42N4O. The molecule has 0 radical (unpaired) electrons. The first-order chi connectivity index (χ1) is 12.7. The average molecular weight is 367 g/mol. The number of piperidine rings is 1. The van der Waals surface area contributed by atoms with Crippen LogP contribution in [0.3, 0.4) is 0 Å². The molecule has 0 aromatic heterocycles. The standard InChI is InChI=1S/C21H42N4O/c1-3-22-21(23-14-7-15-25-16-12-20(26)13-17-25)24-18(2)10-11-19-8-5-4-6-9-19/h18-20,26H,3-17H2,1-2H3,(H2,22,23,24). The smallest absolute Gasteiger partial charge is 0.191 e. The molecule has 3 N–H and O–H groups in total. The van der Waals surface area contributed by atoms with E-state index in [9.17, 15) is 5.11 Å². The van der Waals surface area contributed by atoms with Gasteiger partial charge in [0.2, 0.25) is 0 Å². The minimum absolute atomic E-state index is 0.0797. The molecule has 152 valence electrons. The first-order valence-electron chi connectivity index (χ1n) is 11.1. The Morgan fingerprint density at radius 1 is 1.15 bits per heavy atom. The zero-order valence-electron chi connectivity index (χ0n) is 17.2. The van der Waals surface area contributed by atoms with Crippen LogP contribution in [0.5, 0.6) is 0 Å². The summed E-state index contributed by atoms with van der Waals surface area (Å²) in [5, 5.41) is 16.6. The summed E-state index contributed by atoms with van der Waals surface area (Å²) in [6.07, 6.45) is 12.6. The van der Waals surface area contributed by atoms with Gasteiger partial charge >= 0.3 is 0 Å². The molecule has 26 heavy (non-hydrogen) atoms. The normalized spacial score (nSPS) is 22.3. The Hall–Kier alpha value is -0.810. The predicted octanol–water partition coefficient (Wildman–Crippen LogP) is 3.14. The molecule has 2 fully saturated rings. The van der Waals surface area contributed by atoms with Crippen molar-refractivity contribution in [1.82, 2.24) is 15.5 Å². The predicted molar refractivity (Wildman–Crippen MR) is 111 cm³/mol. The molecule has 0 aromatic rings. The summed E-state index contributed by atoms with van der Waals surface area (Å²) in [5.41, 5.74) is 0. The van der Waals surface area contributed by atoms with Crippen molar-refractivity contribution < 1.29 is 5.11 Å². The molecule has 5 heteroatoms. The van der Waals surface area contributed by atoms with Gasteiger partial charge in [-0.05, 0) is 58.4 Å². The number of aliphatic hydroxyl groups is 1. The molecule has 1 saturated heterocycles. The van der Waals surface area contributed by atoms with E-state index in [2.05, 4.69) is 29.4 Å². The number of nitrogens with zero attached hydrogens (tertiary/aromatic N) is 2. The topological polar surface area (TPSA) is 59.9 Å². The second-order valence-corrected chi connectivity index (χ2v) is 8.31. The van der Waals surface area contributed by atoms with Crippen LogP contribution in [0.2, 0.25) is 0 Å². The van der Waals surface area contributed by atoms with Crippen LogP contribution in [0.4, 0.5) is 0 Å². The Morgan fingerprint density at radius 2 is 1.88 bits per heavy atom. The second kappa shape index (κ2) is 12.6. The number of likely N-dealkylation sites (tertiary alicyclic amines) is 1. The fourth-order valence-electron chi connectivity index (χ4n) is 4.22. The first-order valence-corrected chi connectivity index (χ1v) is 11.1. The lowest BCUT2D eigenvalue weighted by Gasteiger charge is -2.29. The van der Waals surface area contributed by atoms with Crippen molar-refractivity contribution in [3.63, 3.8) is 0 Å². The Labute approximate surface area is 161 Å². The summed E-state index contributed by atoms with van der Waals surface area (Å²) in [4.78, 5) is 7.22. The summed E-state index contributed by atoms with van der Waals surface area (Å²) in [6.45, 7) is 9.34. The highest BCUT2D eigenvalue weighted by Crippen LogP contribution is 2.27.